The zero-order valence-electron chi connectivity index (χ0n) is 34.4. The van der Waals surface area contributed by atoms with Gasteiger partial charge < -0.3 is 20.7 Å². The second kappa shape index (κ2) is 19.5. The zero-order valence-corrected chi connectivity index (χ0v) is 34.4. The molecule has 10 heteroatoms. The lowest BCUT2D eigenvalue weighted by molar-refractivity contribution is -0.246. The standard InChI is InChI=1S/C43H70N4O6/c1-11-12-19-35(37(48)24-32(22-28(2)3)39(50)44-33-26-42(7,8)47(53)43(9,10)27-33)45-40(51)34(29(4)5)25-38(49)36-20-16-21-46(36)41(52)30(6)23-31-17-14-13-15-18-31/h13-15,17-18,28-30,32-36,53H,11-12,16,19-27H2,1-10H3,(H,44,50)(H,45,51)/t30-,32-,34+,35+,36+/m1/s1. The lowest BCUT2D eigenvalue weighted by atomic mass is 9.78. The number of carbonyl (C=O) groups is 5. The first-order valence-corrected chi connectivity index (χ1v) is 20.3. The topological polar surface area (TPSA) is 136 Å². The average molecular weight is 739 g/mol. The van der Waals surface area contributed by atoms with Crippen molar-refractivity contribution in [1.29, 1.82) is 0 Å². The van der Waals surface area contributed by atoms with E-state index in [0.717, 1.165) is 24.8 Å². The predicted molar refractivity (Wildman–Crippen MR) is 209 cm³/mol. The molecule has 5 atom stereocenters. The first-order chi connectivity index (χ1) is 24.8. The van der Waals surface area contributed by atoms with Crippen LogP contribution < -0.4 is 10.6 Å². The summed E-state index contributed by atoms with van der Waals surface area (Å²) in [5.74, 6) is -2.29. The van der Waals surface area contributed by atoms with Crippen LogP contribution in [0.3, 0.4) is 0 Å². The Kier molecular flexibility index (Phi) is 16.3. The van der Waals surface area contributed by atoms with Gasteiger partial charge in [-0.15, -0.1) is 0 Å². The predicted octanol–water partition coefficient (Wildman–Crippen LogP) is 6.91. The van der Waals surface area contributed by atoms with Crippen molar-refractivity contribution in [1.82, 2.24) is 20.6 Å². The minimum atomic E-state index is -0.764. The van der Waals surface area contributed by atoms with Crippen LogP contribution in [0.1, 0.15) is 139 Å². The highest BCUT2D eigenvalue weighted by Crippen LogP contribution is 2.37. The molecule has 2 aliphatic heterocycles. The fraction of sp³-hybridized carbons (Fsp3) is 0.744. The first kappa shape index (κ1) is 44.3. The molecular weight excluding hydrogens is 668 g/mol. The normalized spacial score (nSPS) is 21.2. The van der Waals surface area contributed by atoms with E-state index in [1.807, 2.05) is 99.6 Å². The molecule has 2 aliphatic rings. The van der Waals surface area contributed by atoms with Crippen molar-refractivity contribution in [3.8, 4) is 0 Å². The van der Waals surface area contributed by atoms with Gasteiger partial charge in [-0.1, -0.05) is 84.7 Å². The second-order valence-corrected chi connectivity index (χ2v) is 18.1. The highest BCUT2D eigenvalue weighted by atomic mass is 16.5. The quantitative estimate of drug-likeness (QED) is 0.140. The van der Waals surface area contributed by atoms with Gasteiger partial charge in [-0.2, -0.15) is 5.06 Å². The molecule has 1 aromatic rings. The molecule has 0 saturated carbocycles. The molecule has 0 aliphatic carbocycles. The van der Waals surface area contributed by atoms with Crippen LogP contribution >= 0.6 is 0 Å². The Labute approximate surface area is 319 Å². The molecule has 0 radical (unpaired) electrons. The molecule has 3 N–H and O–H groups in total. The van der Waals surface area contributed by atoms with Gasteiger partial charge in [0, 0.05) is 54.3 Å². The van der Waals surface area contributed by atoms with Crippen LogP contribution in [0.2, 0.25) is 0 Å². The van der Waals surface area contributed by atoms with E-state index in [9.17, 15) is 29.2 Å². The van der Waals surface area contributed by atoms with Crippen LogP contribution in [0.25, 0.3) is 0 Å². The van der Waals surface area contributed by atoms with E-state index >= 15 is 0 Å². The van der Waals surface area contributed by atoms with Gasteiger partial charge in [-0.25, -0.2) is 0 Å². The van der Waals surface area contributed by atoms with Gasteiger partial charge in [-0.3, -0.25) is 24.0 Å². The van der Waals surface area contributed by atoms with E-state index in [4.69, 9.17) is 0 Å². The Balaban J connectivity index is 1.70. The summed E-state index contributed by atoms with van der Waals surface area (Å²) in [5, 5.41) is 18.4. The van der Waals surface area contributed by atoms with Crippen LogP contribution in [0, 0.1) is 29.6 Å². The number of benzene rings is 1. The van der Waals surface area contributed by atoms with Crippen molar-refractivity contribution >= 4 is 29.3 Å². The minimum Gasteiger partial charge on any atom is -0.353 e. The number of nitrogens with one attached hydrogen (secondary N) is 2. The van der Waals surface area contributed by atoms with Crippen molar-refractivity contribution in [2.24, 2.45) is 29.6 Å². The maximum atomic E-state index is 14.0. The molecule has 2 saturated heterocycles. The third-order valence-electron chi connectivity index (χ3n) is 11.4. The Morgan fingerprint density at radius 3 is 2.09 bits per heavy atom. The third-order valence-corrected chi connectivity index (χ3v) is 11.4. The number of ketones is 2. The van der Waals surface area contributed by atoms with Crippen LogP contribution in [0.15, 0.2) is 30.3 Å². The van der Waals surface area contributed by atoms with Gasteiger partial charge in [-0.05, 0) is 90.0 Å². The van der Waals surface area contributed by atoms with Crippen molar-refractivity contribution in [2.75, 3.05) is 6.54 Å². The number of carbonyl (C=O) groups excluding carboxylic acids is 5. The summed E-state index contributed by atoms with van der Waals surface area (Å²) in [4.78, 5) is 70.9. The molecule has 1 aromatic carbocycles. The van der Waals surface area contributed by atoms with Crippen molar-refractivity contribution in [3.63, 3.8) is 0 Å². The van der Waals surface area contributed by atoms with E-state index in [1.54, 1.807) is 4.90 Å². The van der Waals surface area contributed by atoms with Gasteiger partial charge >= 0.3 is 0 Å². The smallest absolute Gasteiger partial charge is 0.226 e. The fourth-order valence-corrected chi connectivity index (χ4v) is 8.62. The van der Waals surface area contributed by atoms with E-state index in [0.29, 0.717) is 45.1 Å². The SMILES string of the molecule is CCCC[C@H](NC(=O)[C@@H](CC(=O)[C@@H]1CCCN1C(=O)[C@H](C)Cc1ccccc1)C(C)C)C(=O)C[C@@H](CC(C)C)C(=O)NC1CC(C)(C)N(O)C(C)(C)C1. The largest absolute Gasteiger partial charge is 0.353 e. The van der Waals surface area contributed by atoms with Crippen LogP contribution in [-0.4, -0.2) is 80.2 Å². The highest BCUT2D eigenvalue weighted by molar-refractivity contribution is 5.96. The van der Waals surface area contributed by atoms with Gasteiger partial charge in [0.05, 0.1) is 12.1 Å². The average Bonchev–Trinajstić information content (AvgIpc) is 3.57. The summed E-state index contributed by atoms with van der Waals surface area (Å²) in [6, 6.07) is 8.40. The van der Waals surface area contributed by atoms with Crippen LogP contribution in [0.4, 0.5) is 0 Å². The maximum Gasteiger partial charge on any atom is 0.226 e. The van der Waals surface area contributed by atoms with Crippen molar-refractivity contribution in [3.05, 3.63) is 35.9 Å². The zero-order chi connectivity index (χ0) is 39.7. The number of nitrogens with zero attached hydrogens (tertiary/aromatic N) is 2. The third kappa shape index (κ3) is 12.5. The van der Waals surface area contributed by atoms with Gasteiger partial charge in [0.15, 0.2) is 11.6 Å². The Morgan fingerprint density at radius 1 is 0.906 bits per heavy atom. The first-order valence-electron chi connectivity index (χ1n) is 20.3. The van der Waals surface area contributed by atoms with Crippen molar-refractivity contribution in [2.45, 2.75) is 169 Å². The lowest BCUT2D eigenvalue weighted by Crippen LogP contribution is -2.63. The Morgan fingerprint density at radius 2 is 1.53 bits per heavy atom. The molecule has 3 rings (SSSR count). The number of unbranched alkanes of at least 4 members (excludes halogenated alkanes) is 1. The summed E-state index contributed by atoms with van der Waals surface area (Å²) in [6.07, 6.45) is 5.63. The molecule has 2 heterocycles. The number of hydrogen-bond acceptors (Lipinski definition) is 7. The van der Waals surface area contributed by atoms with Gasteiger partial charge in [0.2, 0.25) is 17.7 Å². The Hall–Kier alpha value is -3.11. The number of piperidine rings is 1. The van der Waals surface area contributed by atoms with E-state index in [1.165, 1.54) is 5.06 Å². The van der Waals surface area contributed by atoms with E-state index in [2.05, 4.69) is 10.6 Å². The molecule has 298 valence electrons. The molecule has 3 amide bonds. The minimum absolute atomic E-state index is 0.00254. The summed E-state index contributed by atoms with van der Waals surface area (Å²) in [7, 11) is 0. The summed E-state index contributed by atoms with van der Waals surface area (Å²) in [6.45, 7) is 20.2. The van der Waals surface area contributed by atoms with Gasteiger partial charge in [0.1, 0.15) is 0 Å². The Bertz CT molecular complexity index is 1370. The maximum absolute atomic E-state index is 14.0. The van der Waals surface area contributed by atoms with E-state index < -0.39 is 35.0 Å². The monoisotopic (exact) mass is 739 g/mol. The number of amides is 3. The van der Waals surface area contributed by atoms with Crippen molar-refractivity contribution < 1.29 is 29.2 Å². The second-order valence-electron chi connectivity index (χ2n) is 18.1. The molecule has 0 bridgehead atoms. The number of rotatable bonds is 19. The summed E-state index contributed by atoms with van der Waals surface area (Å²) in [5.41, 5.74) is 0.0187. The summed E-state index contributed by atoms with van der Waals surface area (Å²) >= 11 is 0. The number of hydrogen-bond donors (Lipinski definition) is 3. The fourth-order valence-electron chi connectivity index (χ4n) is 8.62. The summed E-state index contributed by atoms with van der Waals surface area (Å²) < 4.78 is 0. The number of hydroxylamine groups is 2. The van der Waals surface area contributed by atoms with Crippen LogP contribution in [-0.2, 0) is 30.4 Å². The highest BCUT2D eigenvalue weighted by Gasteiger charge is 2.46. The molecule has 0 aromatic heterocycles. The molecule has 10 nitrogen and oxygen atoms in total. The molecule has 0 unspecified atom stereocenters. The number of likely N-dealkylation sites (tertiary alicyclic amines) is 1. The van der Waals surface area contributed by atoms with Gasteiger partial charge in [0.25, 0.3) is 0 Å². The molecular formula is C43H70N4O6. The number of Topliss-reactive ketones (excluding diaryl/α,β-unsaturated/α-hetero) is 2. The molecule has 0 spiro atoms. The van der Waals surface area contributed by atoms with Crippen LogP contribution in [0.5, 0.6) is 0 Å². The molecule has 53 heavy (non-hydrogen) atoms. The van der Waals surface area contributed by atoms with E-state index in [-0.39, 0.29) is 65.9 Å². The lowest BCUT2D eigenvalue weighted by Gasteiger charge is -2.51. The molecule has 2 fully saturated rings.